The van der Waals surface area contributed by atoms with E-state index < -0.39 is 11.7 Å². The zero-order chi connectivity index (χ0) is 23.6. The molecule has 0 unspecified atom stereocenters. The van der Waals surface area contributed by atoms with Gasteiger partial charge in [0.1, 0.15) is 11.4 Å². The van der Waals surface area contributed by atoms with Crippen molar-refractivity contribution in [1.29, 1.82) is 0 Å². The van der Waals surface area contributed by atoms with Crippen molar-refractivity contribution in [3.8, 4) is 0 Å². The number of nitrogens with zero attached hydrogens (tertiary/aromatic N) is 1. The summed E-state index contributed by atoms with van der Waals surface area (Å²) in [6, 6.07) is 13.0. The Hall–Kier alpha value is -2.89. The second kappa shape index (κ2) is 13.6. The molecule has 180 valence electrons. The lowest BCUT2D eigenvalue weighted by Gasteiger charge is -2.19. The lowest BCUT2D eigenvalue weighted by molar-refractivity contribution is -0.115. The van der Waals surface area contributed by atoms with Crippen LogP contribution in [0, 0.1) is 5.82 Å². The number of carbonyl (C=O) groups excluding carboxylic acids is 2. The normalized spacial score (nSPS) is 11.1. The maximum atomic E-state index is 12.9. The van der Waals surface area contributed by atoms with E-state index in [2.05, 4.69) is 26.3 Å². The van der Waals surface area contributed by atoms with Crippen LogP contribution in [-0.2, 0) is 16.0 Å². The Morgan fingerprint density at radius 2 is 1.52 bits per heavy atom. The number of carbonyl (C=O) groups is 2. The highest BCUT2D eigenvalue weighted by molar-refractivity contribution is 14.0. The van der Waals surface area contributed by atoms with E-state index in [0.717, 1.165) is 12.0 Å². The van der Waals surface area contributed by atoms with Gasteiger partial charge in [-0.15, -0.1) is 24.0 Å². The number of nitrogens with one attached hydrogen (secondary N) is 4. The van der Waals surface area contributed by atoms with E-state index in [4.69, 9.17) is 4.74 Å². The summed E-state index contributed by atoms with van der Waals surface area (Å²) in [5.74, 6) is -0.144. The van der Waals surface area contributed by atoms with Crippen molar-refractivity contribution in [3.63, 3.8) is 0 Å². The van der Waals surface area contributed by atoms with E-state index in [1.54, 1.807) is 7.05 Å². The largest absolute Gasteiger partial charge is 0.444 e. The van der Waals surface area contributed by atoms with Crippen LogP contribution in [0.3, 0.4) is 0 Å². The van der Waals surface area contributed by atoms with E-state index in [0.29, 0.717) is 23.9 Å². The number of rotatable bonds is 7. The fraction of sp³-hybridized carbons (Fsp3) is 0.348. The van der Waals surface area contributed by atoms with Gasteiger partial charge in [0.25, 0.3) is 0 Å². The average Bonchev–Trinajstić information content (AvgIpc) is 2.72. The summed E-state index contributed by atoms with van der Waals surface area (Å²) in [4.78, 5) is 27.9. The number of guanidine groups is 1. The van der Waals surface area contributed by atoms with Crippen LogP contribution in [0.4, 0.5) is 20.6 Å². The SMILES string of the molecule is CN=C(NCCc1ccc(NC(=O)OC(C)(C)C)cc1)NCC(=O)Nc1ccc(F)cc1.I. The molecule has 0 aliphatic rings. The summed E-state index contributed by atoms with van der Waals surface area (Å²) in [6.07, 6.45) is 0.222. The molecule has 0 aliphatic heterocycles. The minimum atomic E-state index is -0.552. The topological polar surface area (TPSA) is 104 Å². The number of hydrogen-bond donors (Lipinski definition) is 4. The minimum Gasteiger partial charge on any atom is -0.444 e. The number of hydrogen-bond acceptors (Lipinski definition) is 4. The first-order valence-electron chi connectivity index (χ1n) is 10.2. The standard InChI is InChI=1S/C23H30FN5O3.HI/c1-23(2,3)32-22(31)29-19-9-5-16(6-10-19)13-14-26-21(25-4)27-15-20(30)28-18-11-7-17(24)8-12-18;/h5-12H,13-15H2,1-4H3,(H,28,30)(H,29,31)(H2,25,26,27);1H. The van der Waals surface area contributed by atoms with Crippen molar-refractivity contribution in [3.05, 3.63) is 59.9 Å². The second-order valence-corrected chi connectivity index (χ2v) is 7.98. The molecule has 0 atom stereocenters. The van der Waals surface area contributed by atoms with Crippen molar-refractivity contribution in [2.75, 3.05) is 30.8 Å². The van der Waals surface area contributed by atoms with Crippen LogP contribution in [0.5, 0.6) is 0 Å². The lowest BCUT2D eigenvalue weighted by atomic mass is 10.1. The van der Waals surface area contributed by atoms with Crippen LogP contribution in [0.2, 0.25) is 0 Å². The molecule has 2 aromatic rings. The van der Waals surface area contributed by atoms with Gasteiger partial charge in [-0.25, -0.2) is 9.18 Å². The summed E-state index contributed by atoms with van der Waals surface area (Å²) in [7, 11) is 1.62. The molecule has 0 spiro atoms. The molecule has 33 heavy (non-hydrogen) atoms. The highest BCUT2D eigenvalue weighted by atomic mass is 127. The van der Waals surface area contributed by atoms with E-state index in [1.165, 1.54) is 24.3 Å². The molecule has 2 aromatic carbocycles. The van der Waals surface area contributed by atoms with Gasteiger partial charge in [0.2, 0.25) is 5.91 Å². The predicted octanol–water partition coefficient (Wildman–Crippen LogP) is 4.14. The lowest BCUT2D eigenvalue weighted by Crippen LogP contribution is -2.42. The average molecular weight is 571 g/mol. The smallest absolute Gasteiger partial charge is 0.412 e. The summed E-state index contributed by atoms with van der Waals surface area (Å²) in [6.45, 7) is 6.04. The first-order chi connectivity index (χ1) is 15.1. The maximum absolute atomic E-state index is 12.9. The van der Waals surface area contributed by atoms with Crippen molar-refractivity contribution in [2.24, 2.45) is 4.99 Å². The van der Waals surface area contributed by atoms with Gasteiger partial charge in [0, 0.05) is 25.0 Å². The van der Waals surface area contributed by atoms with Crippen LogP contribution in [-0.4, -0.2) is 43.7 Å². The van der Waals surface area contributed by atoms with Gasteiger partial charge in [0.15, 0.2) is 5.96 Å². The molecular formula is C23H31FIN5O3. The summed E-state index contributed by atoms with van der Waals surface area (Å²) in [5, 5.41) is 11.4. The van der Waals surface area contributed by atoms with Gasteiger partial charge >= 0.3 is 6.09 Å². The quantitative estimate of drug-likeness (QED) is 0.227. The fourth-order valence-electron chi connectivity index (χ4n) is 2.62. The zero-order valence-electron chi connectivity index (χ0n) is 19.2. The van der Waals surface area contributed by atoms with Crippen LogP contribution >= 0.6 is 24.0 Å². The van der Waals surface area contributed by atoms with E-state index >= 15 is 0 Å². The molecule has 0 fully saturated rings. The highest BCUT2D eigenvalue weighted by Gasteiger charge is 2.16. The summed E-state index contributed by atoms with van der Waals surface area (Å²) >= 11 is 0. The van der Waals surface area contributed by atoms with E-state index in [-0.39, 0.29) is 42.2 Å². The molecule has 8 nitrogen and oxygen atoms in total. The number of aliphatic imine (C=N–C) groups is 1. The van der Waals surface area contributed by atoms with Gasteiger partial charge in [-0.1, -0.05) is 12.1 Å². The Bertz CT molecular complexity index is 929. The Morgan fingerprint density at radius 3 is 2.09 bits per heavy atom. The fourth-order valence-corrected chi connectivity index (χ4v) is 2.62. The molecule has 2 amide bonds. The number of ether oxygens (including phenoxy) is 1. The minimum absolute atomic E-state index is 0. The van der Waals surface area contributed by atoms with Gasteiger partial charge in [-0.2, -0.15) is 0 Å². The molecule has 0 saturated heterocycles. The maximum Gasteiger partial charge on any atom is 0.412 e. The van der Waals surface area contributed by atoms with Crippen molar-refractivity contribution >= 4 is 53.3 Å². The molecule has 0 radical (unpaired) electrons. The third kappa shape index (κ3) is 11.5. The van der Waals surface area contributed by atoms with Crippen molar-refractivity contribution in [2.45, 2.75) is 32.8 Å². The van der Waals surface area contributed by atoms with Crippen molar-refractivity contribution < 1.29 is 18.7 Å². The van der Waals surface area contributed by atoms with Gasteiger partial charge in [-0.3, -0.25) is 15.1 Å². The van der Waals surface area contributed by atoms with Crippen LogP contribution in [0.1, 0.15) is 26.3 Å². The molecule has 0 aromatic heterocycles. The first kappa shape index (κ1) is 28.1. The number of anilines is 2. The molecule has 0 bridgehead atoms. The Kier molecular flexibility index (Phi) is 11.6. The number of halogens is 2. The van der Waals surface area contributed by atoms with Crippen LogP contribution < -0.4 is 21.3 Å². The molecular weight excluding hydrogens is 540 g/mol. The van der Waals surface area contributed by atoms with Gasteiger partial charge < -0.3 is 20.7 Å². The van der Waals surface area contributed by atoms with Gasteiger partial charge in [0.05, 0.1) is 6.54 Å². The van der Waals surface area contributed by atoms with E-state index in [9.17, 15) is 14.0 Å². The zero-order valence-corrected chi connectivity index (χ0v) is 21.5. The molecule has 0 heterocycles. The molecule has 4 N–H and O–H groups in total. The number of benzene rings is 2. The third-order valence-corrected chi connectivity index (χ3v) is 4.07. The first-order valence-corrected chi connectivity index (χ1v) is 10.2. The van der Waals surface area contributed by atoms with Crippen molar-refractivity contribution in [1.82, 2.24) is 10.6 Å². The predicted molar refractivity (Wildman–Crippen MR) is 140 cm³/mol. The molecule has 10 heteroatoms. The molecule has 0 saturated carbocycles. The summed E-state index contributed by atoms with van der Waals surface area (Å²) < 4.78 is 18.1. The Balaban J connectivity index is 0.00000544. The van der Waals surface area contributed by atoms with E-state index in [1.807, 2.05) is 45.0 Å². The second-order valence-electron chi connectivity index (χ2n) is 7.98. The van der Waals surface area contributed by atoms with Crippen LogP contribution in [0.25, 0.3) is 0 Å². The highest BCUT2D eigenvalue weighted by Crippen LogP contribution is 2.13. The Morgan fingerprint density at radius 1 is 0.939 bits per heavy atom. The Labute approximate surface area is 210 Å². The summed E-state index contributed by atoms with van der Waals surface area (Å²) in [5.41, 5.74) is 1.69. The monoisotopic (exact) mass is 571 g/mol. The van der Waals surface area contributed by atoms with Crippen LogP contribution in [0.15, 0.2) is 53.5 Å². The molecule has 2 rings (SSSR count). The molecule has 0 aliphatic carbocycles. The third-order valence-electron chi connectivity index (χ3n) is 4.07. The van der Waals surface area contributed by atoms with Gasteiger partial charge in [-0.05, 0) is 69.2 Å². The number of amides is 2.